The van der Waals surface area contributed by atoms with E-state index >= 15 is 0 Å². The van der Waals surface area contributed by atoms with Crippen molar-refractivity contribution in [1.29, 1.82) is 0 Å². The highest BCUT2D eigenvalue weighted by Crippen LogP contribution is 2.68. The molecule has 0 saturated carbocycles. The van der Waals surface area contributed by atoms with Crippen LogP contribution < -0.4 is 0 Å². The molecule has 0 unspecified atom stereocenters. The van der Waals surface area contributed by atoms with Crippen molar-refractivity contribution in [3.8, 4) is 0 Å². The number of hydrogen-bond acceptors (Lipinski definition) is 1. The van der Waals surface area contributed by atoms with Crippen LogP contribution in [0.4, 0.5) is 167 Å². The van der Waals surface area contributed by atoms with E-state index in [1.165, 1.54) is 0 Å². The Kier molecular flexibility index (Phi) is 13.8. The van der Waals surface area contributed by atoms with Crippen LogP contribution in [-0.4, -0.2) is 107 Å². The van der Waals surface area contributed by atoms with Crippen molar-refractivity contribution in [2.75, 3.05) is 0 Å². The van der Waals surface area contributed by atoms with Crippen molar-refractivity contribution in [2.24, 2.45) is 0 Å². The molecule has 0 aromatic heterocycles. The first-order valence-corrected chi connectivity index (χ1v) is 12.9. The Balaban J connectivity index is 7.04. The van der Waals surface area contributed by atoms with E-state index < -0.39 is 132 Å². The van der Waals surface area contributed by atoms with Gasteiger partial charge in [-0.25, -0.2) is 8.78 Å². The highest BCUT2D eigenvalue weighted by Gasteiger charge is 3.00. The van der Waals surface area contributed by atoms with Gasteiger partial charge in [0.2, 0.25) is 0 Å². The Bertz CT molecular complexity index is 1460. The van der Waals surface area contributed by atoms with Crippen molar-refractivity contribution in [3.05, 3.63) is 24.7 Å². The van der Waals surface area contributed by atoms with Crippen LogP contribution in [0.1, 0.15) is 0 Å². The van der Waals surface area contributed by atoms with Crippen molar-refractivity contribution >= 4 is 0 Å². The van der Waals surface area contributed by atoms with E-state index in [9.17, 15) is 167 Å². The summed E-state index contributed by atoms with van der Waals surface area (Å²) in [4.78, 5) is 0. The molecule has 0 saturated heterocycles. The third-order valence-corrected chi connectivity index (χ3v) is 7.13. The Labute approximate surface area is 304 Å². The molecule has 0 radical (unpaired) electrons. The summed E-state index contributed by atoms with van der Waals surface area (Å²) < 4.78 is 508. The minimum absolute atomic E-state index is 1.92. The van der Waals surface area contributed by atoms with Crippen molar-refractivity contribution in [1.82, 2.24) is 0 Å². The van der Waals surface area contributed by atoms with Gasteiger partial charge in [0.05, 0.1) is 12.5 Å². The van der Waals surface area contributed by atoms with E-state index in [0.717, 1.165) is 0 Å². The molecule has 0 aromatic rings. The standard InChI is InChI=1S/C22H4F38O/c23-5(24,9(29,30)13(37,38)17(45,46)15(41,42)11(33,34)7(27,19(49,50)51)20(52,53)54)1-3-61-4-2-6(25,26)10(31,32)14(39,40)18(47,48)16(43,44)12(35,36)8(28,21(55,56)57)22(58,59)60/h1-4H. The lowest BCUT2D eigenvalue weighted by Gasteiger charge is -2.44. The van der Waals surface area contributed by atoms with Crippen LogP contribution in [-0.2, 0) is 4.74 Å². The van der Waals surface area contributed by atoms with Gasteiger partial charge in [-0.2, -0.15) is 158 Å². The SMILES string of the molecule is FC(F)(F)C(F)(C(F)(F)F)C(F)(F)C(F)(F)C(F)(F)C(F)(F)C(F)(F)C(F)(F)C=COC=CC(F)(F)C(F)(F)C(F)(F)C(F)(F)C(F)(F)C(F)(F)C(F)(C(F)(F)F)C(F)(F)F. The highest BCUT2D eigenvalue weighted by atomic mass is 19.5. The number of allylic oxidation sites excluding steroid dienone is 2. The fourth-order valence-corrected chi connectivity index (χ4v) is 3.57. The molecule has 0 fully saturated rings. The van der Waals surface area contributed by atoms with E-state index in [2.05, 4.69) is 4.74 Å². The summed E-state index contributed by atoms with van der Waals surface area (Å²) in [5, 5.41) is 0. The predicted octanol–water partition coefficient (Wildman–Crippen LogP) is 13.3. The molecule has 0 amide bonds. The monoisotopic (exact) mass is 1010 g/mol. The second kappa shape index (κ2) is 14.6. The number of rotatable bonds is 16. The molecule has 39 heteroatoms. The third-order valence-electron chi connectivity index (χ3n) is 7.13. The van der Waals surface area contributed by atoms with Crippen LogP contribution in [0.3, 0.4) is 0 Å². The largest absolute Gasteiger partial charge is 0.473 e. The quantitative estimate of drug-likeness (QED) is 0.111. The van der Waals surface area contributed by atoms with Gasteiger partial charge < -0.3 is 4.74 Å². The zero-order valence-electron chi connectivity index (χ0n) is 26.1. The molecule has 0 bridgehead atoms. The number of hydrogen-bond donors (Lipinski definition) is 0. The summed E-state index contributed by atoms with van der Waals surface area (Å²) in [6.07, 6.45) is -43.5. The van der Waals surface area contributed by atoms with Crippen molar-refractivity contribution in [2.45, 2.75) is 107 Å². The lowest BCUT2D eigenvalue weighted by atomic mass is 9.83. The molecule has 0 aliphatic rings. The highest BCUT2D eigenvalue weighted by molar-refractivity contribution is 5.22. The van der Waals surface area contributed by atoms with Gasteiger partial charge >= 0.3 is 107 Å². The molecule has 0 heterocycles. The van der Waals surface area contributed by atoms with Crippen molar-refractivity contribution in [3.63, 3.8) is 0 Å². The Hall–Kier alpha value is -3.38. The lowest BCUT2D eigenvalue weighted by molar-refractivity contribution is -0.471. The van der Waals surface area contributed by atoms with E-state index in [4.69, 9.17) is 0 Å². The van der Waals surface area contributed by atoms with Gasteiger partial charge in [-0.05, 0) is 0 Å². The normalized spacial score (nSPS) is 17.2. The van der Waals surface area contributed by atoms with Crippen LogP contribution in [0.15, 0.2) is 24.7 Å². The topological polar surface area (TPSA) is 9.23 Å². The molecule has 1 nitrogen and oxygen atoms in total. The van der Waals surface area contributed by atoms with E-state index in [1.54, 1.807) is 0 Å². The Morgan fingerprint density at radius 3 is 0.508 bits per heavy atom. The average Bonchev–Trinajstić information content (AvgIpc) is 3.00. The molecule has 0 atom stereocenters. The molecule has 0 aliphatic heterocycles. The van der Waals surface area contributed by atoms with Gasteiger partial charge in [0, 0.05) is 12.2 Å². The van der Waals surface area contributed by atoms with Gasteiger partial charge in [0.25, 0.3) is 0 Å². The fraction of sp³-hybridized carbons (Fsp3) is 0.818. The Morgan fingerprint density at radius 2 is 0.344 bits per heavy atom. The first-order valence-electron chi connectivity index (χ1n) is 12.9. The van der Waals surface area contributed by atoms with Crippen LogP contribution in [0.2, 0.25) is 0 Å². The van der Waals surface area contributed by atoms with Crippen LogP contribution in [0, 0.1) is 0 Å². The molecule has 61 heavy (non-hydrogen) atoms. The molecule has 0 rings (SSSR count). The molecule has 0 aliphatic carbocycles. The summed E-state index contributed by atoms with van der Waals surface area (Å²) in [5.74, 6) is -109. The predicted molar refractivity (Wildman–Crippen MR) is 111 cm³/mol. The molecule has 0 N–H and O–H groups in total. The zero-order valence-corrected chi connectivity index (χ0v) is 26.1. The molecular formula is C22H4F38O. The van der Waals surface area contributed by atoms with Gasteiger partial charge in [-0.15, -0.1) is 0 Å². The fourth-order valence-electron chi connectivity index (χ4n) is 3.57. The smallest absolute Gasteiger partial charge is 0.438 e. The number of halogens is 38. The van der Waals surface area contributed by atoms with Gasteiger partial charge in [-0.3, -0.25) is 0 Å². The van der Waals surface area contributed by atoms with Gasteiger partial charge in [0.15, 0.2) is 0 Å². The summed E-state index contributed by atoms with van der Waals surface area (Å²) in [5.41, 5.74) is -18.3. The molecule has 0 aromatic carbocycles. The maximum absolute atomic E-state index is 13.8. The molecular weight excluding hydrogens is 1000 g/mol. The van der Waals surface area contributed by atoms with E-state index in [0.29, 0.717) is 0 Å². The third kappa shape index (κ3) is 7.45. The first-order chi connectivity index (χ1) is 25.7. The second-order valence-corrected chi connectivity index (χ2v) is 11.0. The summed E-state index contributed by atoms with van der Waals surface area (Å²) in [7, 11) is 0. The molecule has 364 valence electrons. The summed E-state index contributed by atoms with van der Waals surface area (Å²) >= 11 is 0. The maximum atomic E-state index is 13.8. The van der Waals surface area contributed by atoms with Gasteiger partial charge in [0.1, 0.15) is 0 Å². The van der Waals surface area contributed by atoms with Crippen LogP contribution in [0.25, 0.3) is 0 Å². The molecule has 0 spiro atoms. The van der Waals surface area contributed by atoms with Crippen LogP contribution in [0.5, 0.6) is 0 Å². The van der Waals surface area contributed by atoms with E-state index in [-0.39, 0.29) is 0 Å². The summed E-state index contributed by atoms with van der Waals surface area (Å²) in [6, 6.07) is 0. The number of ether oxygens (including phenoxy) is 1. The van der Waals surface area contributed by atoms with Crippen molar-refractivity contribution < 1.29 is 172 Å². The second-order valence-electron chi connectivity index (χ2n) is 11.0. The minimum atomic E-state index is -9.55. The maximum Gasteiger partial charge on any atom is 0.438 e. The number of alkyl halides is 38. The van der Waals surface area contributed by atoms with Crippen LogP contribution >= 0.6 is 0 Å². The zero-order chi connectivity index (χ0) is 50.5. The van der Waals surface area contributed by atoms with Gasteiger partial charge in [-0.1, -0.05) is 0 Å². The lowest BCUT2D eigenvalue weighted by Crippen LogP contribution is -2.77. The first kappa shape index (κ1) is 57.6. The minimum Gasteiger partial charge on any atom is -0.473 e. The average molecular weight is 1010 g/mol. The summed E-state index contributed by atoms with van der Waals surface area (Å²) in [6.45, 7) is 0. The van der Waals surface area contributed by atoms with E-state index in [1.807, 2.05) is 0 Å². The Morgan fingerprint density at radius 1 is 0.197 bits per heavy atom.